The van der Waals surface area contributed by atoms with Gasteiger partial charge < -0.3 is 17.4 Å². The minimum absolute atomic E-state index is 0.760. The zero-order valence-corrected chi connectivity index (χ0v) is 19.8. The first-order chi connectivity index (χ1) is 10.2. The fraction of sp³-hybridized carbons (Fsp3) is 0.600. The van der Waals surface area contributed by atoms with E-state index in [0.717, 1.165) is 11.5 Å². The van der Waals surface area contributed by atoms with Crippen molar-refractivity contribution < 1.29 is 17.4 Å². The highest BCUT2D eigenvalue weighted by atomic mass is 31.2. The summed E-state index contributed by atoms with van der Waals surface area (Å²) in [6, 6.07) is 7.74. The summed E-state index contributed by atoms with van der Waals surface area (Å²) < 4.78 is 24.2. The molecule has 0 atom stereocenters. The van der Waals surface area contributed by atoms with Gasteiger partial charge in [0.25, 0.3) is 0 Å². The van der Waals surface area contributed by atoms with Gasteiger partial charge in [0.15, 0.2) is 16.6 Å². The molecule has 0 amide bonds. The van der Waals surface area contributed by atoms with Gasteiger partial charge in [-0.1, -0.05) is 0 Å². The molecule has 0 heterocycles. The first kappa shape index (κ1) is 20.9. The highest BCUT2D eigenvalue weighted by molar-refractivity contribution is 7.46. The molecule has 0 bridgehead atoms. The van der Waals surface area contributed by atoms with Gasteiger partial charge in [-0.05, 0) is 83.2 Å². The van der Waals surface area contributed by atoms with E-state index >= 15 is 0 Å². The standard InChI is InChI=1S/C15H31O4PSi3/c1-21(2,3)17-15-12-10-14(11-13-15)16-20(18-22(4,5)6)19-23(7,8)9/h10-13H,1-9H3. The molecule has 0 N–H and O–H groups in total. The van der Waals surface area contributed by atoms with E-state index in [0.29, 0.717) is 0 Å². The van der Waals surface area contributed by atoms with E-state index < -0.39 is 33.6 Å². The van der Waals surface area contributed by atoms with Crippen molar-refractivity contribution in [3.05, 3.63) is 24.3 Å². The normalized spacial score (nSPS) is 13.3. The highest BCUT2D eigenvalue weighted by Gasteiger charge is 2.30. The molecular weight excluding hydrogens is 359 g/mol. The maximum atomic E-state index is 6.10. The van der Waals surface area contributed by atoms with Gasteiger partial charge in [-0.2, -0.15) is 0 Å². The van der Waals surface area contributed by atoms with Crippen molar-refractivity contribution in [1.29, 1.82) is 0 Å². The SMILES string of the molecule is C[Si](C)(C)Oc1ccc(OP(O[Si](C)(C)C)O[Si](C)(C)C)cc1. The Kier molecular flexibility index (Phi) is 7.08. The maximum Gasteiger partial charge on any atom is 0.375 e. The maximum absolute atomic E-state index is 6.10. The molecule has 4 nitrogen and oxygen atoms in total. The summed E-state index contributed by atoms with van der Waals surface area (Å²) >= 11 is 0. The summed E-state index contributed by atoms with van der Waals surface area (Å²) in [4.78, 5) is 0. The zero-order chi connectivity index (χ0) is 17.9. The second kappa shape index (κ2) is 7.80. The van der Waals surface area contributed by atoms with E-state index in [9.17, 15) is 0 Å². The monoisotopic (exact) mass is 390 g/mol. The van der Waals surface area contributed by atoms with E-state index in [2.05, 4.69) is 58.9 Å². The van der Waals surface area contributed by atoms with Crippen LogP contribution in [0.2, 0.25) is 58.9 Å². The summed E-state index contributed by atoms with van der Waals surface area (Å²) in [5.41, 5.74) is 0. The number of rotatable bonds is 8. The van der Waals surface area contributed by atoms with E-state index in [4.69, 9.17) is 17.4 Å². The third kappa shape index (κ3) is 10.3. The second-order valence-electron chi connectivity index (χ2n) is 8.41. The zero-order valence-electron chi connectivity index (χ0n) is 15.9. The van der Waals surface area contributed by atoms with Crippen molar-refractivity contribution in [2.75, 3.05) is 0 Å². The molecule has 0 unspecified atom stereocenters. The highest BCUT2D eigenvalue weighted by Crippen LogP contribution is 2.46. The van der Waals surface area contributed by atoms with Gasteiger partial charge in [-0.15, -0.1) is 0 Å². The van der Waals surface area contributed by atoms with E-state index in [1.165, 1.54) is 0 Å². The van der Waals surface area contributed by atoms with Gasteiger partial charge >= 0.3 is 8.60 Å². The minimum Gasteiger partial charge on any atom is -0.544 e. The molecule has 0 aliphatic heterocycles. The van der Waals surface area contributed by atoms with Crippen LogP contribution < -0.4 is 8.95 Å². The van der Waals surface area contributed by atoms with E-state index in [-0.39, 0.29) is 0 Å². The molecule has 0 aromatic heterocycles. The van der Waals surface area contributed by atoms with Gasteiger partial charge in [0.1, 0.15) is 11.5 Å². The number of hydrogen-bond acceptors (Lipinski definition) is 4. The van der Waals surface area contributed by atoms with Crippen LogP contribution in [0.5, 0.6) is 11.5 Å². The van der Waals surface area contributed by atoms with Crippen LogP contribution in [0.25, 0.3) is 0 Å². The molecule has 1 rings (SSSR count). The van der Waals surface area contributed by atoms with Gasteiger partial charge in [0, 0.05) is 0 Å². The molecular formula is C15H31O4PSi3. The van der Waals surface area contributed by atoms with Gasteiger partial charge in [0.2, 0.25) is 8.32 Å². The molecule has 132 valence electrons. The van der Waals surface area contributed by atoms with Crippen LogP contribution in [0.15, 0.2) is 24.3 Å². The quantitative estimate of drug-likeness (QED) is 0.390. The summed E-state index contributed by atoms with van der Waals surface area (Å²) in [6.07, 6.45) is 0. The van der Waals surface area contributed by atoms with Gasteiger partial charge in [0.05, 0.1) is 0 Å². The largest absolute Gasteiger partial charge is 0.544 e. The lowest BCUT2D eigenvalue weighted by molar-refractivity contribution is 0.385. The first-order valence-electron chi connectivity index (χ1n) is 7.89. The van der Waals surface area contributed by atoms with Crippen molar-refractivity contribution in [2.45, 2.75) is 58.9 Å². The Bertz CT molecular complexity index is 473. The van der Waals surface area contributed by atoms with E-state index in [1.807, 2.05) is 24.3 Å². The Morgan fingerprint density at radius 1 is 0.609 bits per heavy atom. The van der Waals surface area contributed by atoms with Gasteiger partial charge in [-0.25, -0.2) is 0 Å². The predicted molar refractivity (Wildman–Crippen MR) is 107 cm³/mol. The van der Waals surface area contributed by atoms with E-state index in [1.54, 1.807) is 0 Å². The summed E-state index contributed by atoms with van der Waals surface area (Å²) in [5.74, 6) is 1.65. The van der Waals surface area contributed by atoms with Crippen molar-refractivity contribution in [3.63, 3.8) is 0 Å². The van der Waals surface area contributed by atoms with Crippen LogP contribution >= 0.6 is 8.60 Å². The molecule has 0 aliphatic rings. The fourth-order valence-electron chi connectivity index (χ4n) is 1.51. The van der Waals surface area contributed by atoms with Crippen LogP contribution in [0.4, 0.5) is 0 Å². The van der Waals surface area contributed by atoms with Gasteiger partial charge in [-0.3, -0.25) is 0 Å². The van der Waals surface area contributed by atoms with Crippen LogP contribution in [-0.2, 0) is 8.43 Å². The summed E-state index contributed by atoms with van der Waals surface area (Å²) in [6.45, 7) is 19.4. The Hall–Kier alpha value is -0.179. The Balaban J connectivity index is 2.79. The Morgan fingerprint density at radius 2 is 1.00 bits per heavy atom. The average molecular weight is 391 g/mol. The van der Waals surface area contributed by atoms with Crippen molar-refractivity contribution in [3.8, 4) is 11.5 Å². The molecule has 8 heteroatoms. The topological polar surface area (TPSA) is 36.9 Å². The van der Waals surface area contributed by atoms with Crippen LogP contribution in [0, 0.1) is 0 Å². The number of hydrogen-bond donors (Lipinski definition) is 0. The third-order valence-corrected chi connectivity index (χ3v) is 8.91. The van der Waals surface area contributed by atoms with Crippen LogP contribution in [0.3, 0.4) is 0 Å². The molecule has 0 spiro atoms. The molecule has 0 radical (unpaired) electrons. The molecule has 0 saturated heterocycles. The molecule has 1 aromatic carbocycles. The summed E-state index contributed by atoms with van der Waals surface area (Å²) in [7, 11) is -6.41. The Morgan fingerprint density at radius 3 is 1.35 bits per heavy atom. The van der Waals surface area contributed by atoms with Crippen LogP contribution in [-0.4, -0.2) is 25.0 Å². The fourth-order valence-corrected chi connectivity index (χ4v) is 7.01. The Labute approximate surface area is 145 Å². The average Bonchev–Trinajstić information content (AvgIpc) is 2.25. The first-order valence-corrected chi connectivity index (χ1v) is 19.2. The van der Waals surface area contributed by atoms with Crippen molar-refractivity contribution in [2.24, 2.45) is 0 Å². The summed E-state index contributed by atoms with van der Waals surface area (Å²) in [5, 5.41) is 0. The number of benzene rings is 1. The minimum atomic E-state index is -1.73. The molecule has 1 aromatic rings. The lowest BCUT2D eigenvalue weighted by Crippen LogP contribution is -2.29. The van der Waals surface area contributed by atoms with Crippen molar-refractivity contribution >= 4 is 33.6 Å². The van der Waals surface area contributed by atoms with Crippen LogP contribution in [0.1, 0.15) is 0 Å². The molecule has 23 heavy (non-hydrogen) atoms. The second-order valence-corrected chi connectivity index (χ2v) is 23.4. The lowest BCUT2D eigenvalue weighted by atomic mass is 10.3. The molecule has 0 fully saturated rings. The lowest BCUT2D eigenvalue weighted by Gasteiger charge is -2.29. The van der Waals surface area contributed by atoms with Crippen molar-refractivity contribution in [1.82, 2.24) is 0 Å². The molecule has 0 aliphatic carbocycles. The molecule has 0 saturated carbocycles. The third-order valence-electron chi connectivity index (χ3n) is 2.12. The predicted octanol–water partition coefficient (Wildman–Crippen LogP) is 6.21. The smallest absolute Gasteiger partial charge is 0.375 e.